The fourth-order valence-electron chi connectivity index (χ4n) is 2.41. The summed E-state index contributed by atoms with van der Waals surface area (Å²) in [5, 5.41) is 5.52. The first-order chi connectivity index (χ1) is 13.1. The van der Waals surface area contributed by atoms with Crippen molar-refractivity contribution >= 4 is 35.2 Å². The molecule has 2 aromatic rings. The fourth-order valence-corrected chi connectivity index (χ4v) is 2.82. The molecular formula is C20H20N2O4S. The third-order valence-corrected chi connectivity index (χ3v) is 4.76. The number of thioether (sulfide) groups is 1. The summed E-state index contributed by atoms with van der Waals surface area (Å²) in [6.07, 6.45) is 3.91. The standard InChI is InChI=1S/C20H20N2O4S/c1-27-15-10-6-13(7-11-15)20(25)26-12-18(23)22-17-5-3-2-4-16(17)19(24)21-14-8-9-14/h2-7,10-11,14H,8-9,12H2,1H3,(H,21,24)(H,22,23). The summed E-state index contributed by atoms with van der Waals surface area (Å²) in [6.45, 7) is -0.429. The molecule has 1 saturated carbocycles. The number of rotatable bonds is 7. The molecule has 27 heavy (non-hydrogen) atoms. The van der Waals surface area contributed by atoms with Crippen LogP contribution in [0, 0.1) is 0 Å². The molecular weight excluding hydrogens is 364 g/mol. The Hall–Kier alpha value is -2.80. The lowest BCUT2D eigenvalue weighted by Crippen LogP contribution is -2.28. The lowest BCUT2D eigenvalue weighted by atomic mass is 10.1. The molecule has 0 bridgehead atoms. The van der Waals surface area contributed by atoms with Gasteiger partial charge in [0.2, 0.25) is 0 Å². The first-order valence-corrected chi connectivity index (χ1v) is 9.80. The van der Waals surface area contributed by atoms with Crippen LogP contribution in [0.3, 0.4) is 0 Å². The minimum atomic E-state index is -0.572. The van der Waals surface area contributed by atoms with Gasteiger partial charge in [-0.15, -0.1) is 11.8 Å². The molecule has 1 aliphatic carbocycles. The zero-order chi connectivity index (χ0) is 19.2. The highest BCUT2D eigenvalue weighted by atomic mass is 32.2. The zero-order valence-electron chi connectivity index (χ0n) is 14.9. The number of carbonyl (C=O) groups is 3. The van der Waals surface area contributed by atoms with E-state index in [9.17, 15) is 14.4 Å². The monoisotopic (exact) mass is 384 g/mol. The highest BCUT2D eigenvalue weighted by Gasteiger charge is 2.25. The van der Waals surface area contributed by atoms with Crippen LogP contribution in [0.15, 0.2) is 53.4 Å². The minimum absolute atomic E-state index is 0.222. The molecule has 1 aliphatic rings. The highest BCUT2D eigenvalue weighted by Crippen LogP contribution is 2.21. The van der Waals surface area contributed by atoms with E-state index in [4.69, 9.17) is 4.74 Å². The summed E-state index contributed by atoms with van der Waals surface area (Å²) >= 11 is 1.57. The smallest absolute Gasteiger partial charge is 0.338 e. The number of para-hydroxylation sites is 1. The summed E-state index contributed by atoms with van der Waals surface area (Å²) in [7, 11) is 0. The molecule has 2 N–H and O–H groups in total. The number of hydrogen-bond donors (Lipinski definition) is 2. The Balaban J connectivity index is 1.55. The summed E-state index contributed by atoms with van der Waals surface area (Å²) in [5.74, 6) is -1.30. The molecule has 0 spiro atoms. The summed E-state index contributed by atoms with van der Waals surface area (Å²) in [4.78, 5) is 37.5. The van der Waals surface area contributed by atoms with Crippen molar-refractivity contribution in [2.75, 3.05) is 18.2 Å². The van der Waals surface area contributed by atoms with Gasteiger partial charge in [0.05, 0.1) is 16.8 Å². The van der Waals surface area contributed by atoms with Crippen LogP contribution in [-0.4, -0.2) is 36.7 Å². The van der Waals surface area contributed by atoms with E-state index in [0.29, 0.717) is 16.8 Å². The third-order valence-electron chi connectivity index (χ3n) is 4.02. The van der Waals surface area contributed by atoms with Gasteiger partial charge in [0, 0.05) is 10.9 Å². The second kappa shape index (κ2) is 8.73. The first kappa shape index (κ1) is 19.0. The molecule has 2 amide bonds. The van der Waals surface area contributed by atoms with E-state index in [1.807, 2.05) is 18.4 Å². The van der Waals surface area contributed by atoms with Gasteiger partial charge in [0.15, 0.2) is 6.61 Å². The van der Waals surface area contributed by atoms with Gasteiger partial charge >= 0.3 is 5.97 Å². The van der Waals surface area contributed by atoms with Gasteiger partial charge < -0.3 is 15.4 Å². The Morgan fingerprint density at radius 1 is 1.07 bits per heavy atom. The molecule has 0 aromatic heterocycles. The van der Waals surface area contributed by atoms with E-state index in [1.54, 1.807) is 48.2 Å². The number of hydrogen-bond acceptors (Lipinski definition) is 5. The quantitative estimate of drug-likeness (QED) is 0.566. The maximum atomic E-state index is 12.3. The van der Waals surface area contributed by atoms with Gasteiger partial charge in [-0.25, -0.2) is 4.79 Å². The Labute approximate surface area is 161 Å². The molecule has 0 unspecified atom stereocenters. The van der Waals surface area contributed by atoms with Crippen LogP contribution in [-0.2, 0) is 9.53 Å². The van der Waals surface area contributed by atoms with Crippen LogP contribution >= 0.6 is 11.8 Å². The molecule has 0 atom stereocenters. The number of anilines is 1. The summed E-state index contributed by atoms with van der Waals surface area (Å²) < 4.78 is 5.05. The average molecular weight is 384 g/mol. The van der Waals surface area contributed by atoms with Crippen LogP contribution in [0.25, 0.3) is 0 Å². The molecule has 3 rings (SSSR count). The van der Waals surface area contributed by atoms with Crippen molar-refractivity contribution < 1.29 is 19.1 Å². The number of esters is 1. The van der Waals surface area contributed by atoms with Crippen molar-refractivity contribution in [3.8, 4) is 0 Å². The van der Waals surface area contributed by atoms with Crippen LogP contribution < -0.4 is 10.6 Å². The Kier molecular flexibility index (Phi) is 6.13. The third kappa shape index (κ3) is 5.34. The molecule has 0 aliphatic heterocycles. The fraction of sp³-hybridized carbons (Fsp3) is 0.250. The van der Waals surface area contributed by atoms with Crippen molar-refractivity contribution in [1.82, 2.24) is 5.32 Å². The van der Waals surface area contributed by atoms with Crippen molar-refractivity contribution in [2.24, 2.45) is 0 Å². The number of benzene rings is 2. The lowest BCUT2D eigenvalue weighted by molar-refractivity contribution is -0.119. The second-order valence-electron chi connectivity index (χ2n) is 6.15. The van der Waals surface area contributed by atoms with Gasteiger partial charge in [-0.1, -0.05) is 12.1 Å². The van der Waals surface area contributed by atoms with Gasteiger partial charge in [-0.2, -0.15) is 0 Å². The topological polar surface area (TPSA) is 84.5 Å². The Morgan fingerprint density at radius 3 is 2.44 bits per heavy atom. The van der Waals surface area contributed by atoms with Gasteiger partial charge in [0.1, 0.15) is 0 Å². The maximum Gasteiger partial charge on any atom is 0.338 e. The Morgan fingerprint density at radius 2 is 1.78 bits per heavy atom. The predicted molar refractivity (Wildman–Crippen MR) is 104 cm³/mol. The maximum absolute atomic E-state index is 12.3. The van der Waals surface area contributed by atoms with Crippen molar-refractivity contribution in [3.63, 3.8) is 0 Å². The molecule has 7 heteroatoms. The highest BCUT2D eigenvalue weighted by molar-refractivity contribution is 7.98. The zero-order valence-corrected chi connectivity index (χ0v) is 15.7. The lowest BCUT2D eigenvalue weighted by Gasteiger charge is -2.11. The van der Waals surface area contributed by atoms with Crippen molar-refractivity contribution in [3.05, 3.63) is 59.7 Å². The predicted octanol–water partition coefficient (Wildman–Crippen LogP) is 3.10. The van der Waals surface area contributed by atoms with Crippen molar-refractivity contribution in [1.29, 1.82) is 0 Å². The number of amides is 2. The normalized spacial score (nSPS) is 12.9. The van der Waals surface area contributed by atoms with Gasteiger partial charge in [0.25, 0.3) is 11.8 Å². The number of ether oxygens (including phenoxy) is 1. The van der Waals surface area contributed by atoms with E-state index in [0.717, 1.165) is 17.7 Å². The second-order valence-corrected chi connectivity index (χ2v) is 7.03. The van der Waals surface area contributed by atoms with Crippen LogP contribution in [0.1, 0.15) is 33.6 Å². The number of nitrogens with one attached hydrogen (secondary N) is 2. The summed E-state index contributed by atoms with van der Waals surface area (Å²) in [5.41, 5.74) is 1.16. The Bertz CT molecular complexity index is 847. The van der Waals surface area contributed by atoms with Gasteiger partial charge in [-0.05, 0) is 55.5 Å². The van der Waals surface area contributed by atoms with E-state index in [-0.39, 0.29) is 11.9 Å². The van der Waals surface area contributed by atoms with E-state index in [2.05, 4.69) is 10.6 Å². The molecule has 6 nitrogen and oxygen atoms in total. The van der Waals surface area contributed by atoms with Crippen LogP contribution in [0.5, 0.6) is 0 Å². The summed E-state index contributed by atoms with van der Waals surface area (Å²) in [6, 6.07) is 13.9. The van der Waals surface area contributed by atoms with E-state index in [1.165, 1.54) is 0 Å². The number of carbonyl (C=O) groups excluding carboxylic acids is 3. The molecule has 1 fully saturated rings. The molecule has 0 heterocycles. The molecule has 0 saturated heterocycles. The largest absolute Gasteiger partial charge is 0.452 e. The van der Waals surface area contributed by atoms with Gasteiger partial charge in [-0.3, -0.25) is 9.59 Å². The first-order valence-electron chi connectivity index (χ1n) is 8.57. The molecule has 0 radical (unpaired) electrons. The van der Waals surface area contributed by atoms with Crippen molar-refractivity contribution in [2.45, 2.75) is 23.8 Å². The molecule has 2 aromatic carbocycles. The molecule has 140 valence electrons. The van der Waals surface area contributed by atoms with Crippen LogP contribution in [0.2, 0.25) is 0 Å². The average Bonchev–Trinajstić information content (AvgIpc) is 3.50. The van der Waals surface area contributed by atoms with E-state index >= 15 is 0 Å². The van der Waals surface area contributed by atoms with Crippen LogP contribution in [0.4, 0.5) is 5.69 Å². The SMILES string of the molecule is CSc1ccc(C(=O)OCC(=O)Nc2ccccc2C(=O)NC2CC2)cc1. The van der Waals surface area contributed by atoms with E-state index < -0.39 is 18.5 Å². The minimum Gasteiger partial charge on any atom is -0.452 e.